The summed E-state index contributed by atoms with van der Waals surface area (Å²) in [4.78, 5) is 38.3. The van der Waals surface area contributed by atoms with E-state index in [1.165, 1.54) is 167 Å². The van der Waals surface area contributed by atoms with Crippen LogP contribution in [-0.2, 0) is 28.6 Å². The van der Waals surface area contributed by atoms with Gasteiger partial charge in [-0.05, 0) is 122 Å². The third-order valence-electron chi connectivity index (χ3n) is 14.3. The van der Waals surface area contributed by atoms with Crippen molar-refractivity contribution in [1.29, 1.82) is 0 Å². The number of carbonyl (C=O) groups is 3. The van der Waals surface area contributed by atoms with E-state index in [4.69, 9.17) is 14.2 Å². The number of unbranched alkanes of at least 4 members (excludes halogenated alkanes) is 33. The molecule has 0 spiro atoms. The molecule has 0 aliphatic rings. The number of hydrogen-bond donors (Lipinski definition) is 0. The predicted octanol–water partition coefficient (Wildman–Crippen LogP) is 22.8. The zero-order valence-corrected chi connectivity index (χ0v) is 51.4. The lowest BCUT2D eigenvalue weighted by Crippen LogP contribution is -2.30. The van der Waals surface area contributed by atoms with Crippen LogP contribution < -0.4 is 0 Å². The predicted molar refractivity (Wildman–Crippen MR) is 339 cm³/mol. The largest absolute Gasteiger partial charge is 0.462 e. The molecule has 0 aromatic carbocycles. The Bertz CT molecular complexity index is 1530. The van der Waals surface area contributed by atoms with Crippen molar-refractivity contribution < 1.29 is 28.6 Å². The van der Waals surface area contributed by atoms with Crippen molar-refractivity contribution in [3.05, 3.63) is 97.2 Å². The van der Waals surface area contributed by atoms with Gasteiger partial charge in [0.1, 0.15) is 13.2 Å². The monoisotopic (exact) mass is 1080 g/mol. The summed E-state index contributed by atoms with van der Waals surface area (Å²) >= 11 is 0. The molecule has 0 saturated heterocycles. The van der Waals surface area contributed by atoms with Crippen molar-refractivity contribution in [2.24, 2.45) is 0 Å². The first-order chi connectivity index (χ1) is 38.5. The molecule has 0 radical (unpaired) electrons. The normalized spacial score (nSPS) is 12.7. The van der Waals surface area contributed by atoms with Crippen molar-refractivity contribution in [3.8, 4) is 0 Å². The van der Waals surface area contributed by atoms with Gasteiger partial charge < -0.3 is 14.2 Å². The first kappa shape index (κ1) is 74.3. The molecule has 0 heterocycles. The van der Waals surface area contributed by atoms with Gasteiger partial charge in [0.15, 0.2) is 6.10 Å². The molecule has 0 fully saturated rings. The van der Waals surface area contributed by atoms with E-state index in [0.717, 1.165) is 116 Å². The van der Waals surface area contributed by atoms with Gasteiger partial charge in [-0.25, -0.2) is 0 Å². The zero-order chi connectivity index (χ0) is 56.4. The van der Waals surface area contributed by atoms with Crippen molar-refractivity contribution in [2.45, 2.75) is 329 Å². The Hall–Kier alpha value is -3.67. The van der Waals surface area contributed by atoms with Crippen LogP contribution >= 0.6 is 0 Å². The Kier molecular flexibility index (Phi) is 62.7. The molecule has 0 aliphatic carbocycles. The minimum atomic E-state index is -0.788. The molecule has 1 atom stereocenters. The summed E-state index contributed by atoms with van der Waals surface area (Å²) in [5.74, 6) is -0.893. The van der Waals surface area contributed by atoms with Crippen molar-refractivity contribution >= 4 is 17.9 Å². The van der Waals surface area contributed by atoms with Crippen LogP contribution in [-0.4, -0.2) is 37.2 Å². The Labute approximate surface area is 483 Å². The smallest absolute Gasteiger partial charge is 0.306 e. The number of allylic oxidation sites excluding steroid dienone is 16. The van der Waals surface area contributed by atoms with Gasteiger partial charge >= 0.3 is 17.9 Å². The highest BCUT2D eigenvalue weighted by Gasteiger charge is 2.19. The summed E-state index contributed by atoms with van der Waals surface area (Å²) in [6, 6.07) is 0. The van der Waals surface area contributed by atoms with Gasteiger partial charge in [0.05, 0.1) is 0 Å². The maximum atomic E-state index is 12.9. The summed E-state index contributed by atoms with van der Waals surface area (Å²) in [6.07, 6.45) is 88.4. The van der Waals surface area contributed by atoms with E-state index in [-0.39, 0.29) is 31.1 Å². The zero-order valence-electron chi connectivity index (χ0n) is 51.4. The molecule has 1 unspecified atom stereocenters. The molecule has 78 heavy (non-hydrogen) atoms. The Morgan fingerprint density at radius 1 is 0.269 bits per heavy atom. The molecule has 0 amide bonds. The second-order valence-electron chi connectivity index (χ2n) is 22.0. The van der Waals surface area contributed by atoms with Crippen molar-refractivity contribution in [3.63, 3.8) is 0 Å². The van der Waals surface area contributed by atoms with E-state index in [1.807, 2.05) is 0 Å². The van der Waals surface area contributed by atoms with Crippen LogP contribution in [0.3, 0.4) is 0 Å². The first-order valence-corrected chi connectivity index (χ1v) is 33.2. The fraction of sp³-hybridized carbons (Fsp3) is 0.736. The summed E-state index contributed by atoms with van der Waals surface area (Å²) in [7, 11) is 0. The van der Waals surface area contributed by atoms with Crippen LogP contribution in [0, 0.1) is 0 Å². The minimum absolute atomic E-state index is 0.0842. The number of carbonyl (C=O) groups excluding carboxylic acids is 3. The number of ether oxygens (including phenoxy) is 3. The topological polar surface area (TPSA) is 78.9 Å². The third kappa shape index (κ3) is 63.2. The average Bonchev–Trinajstić information content (AvgIpc) is 3.44. The first-order valence-electron chi connectivity index (χ1n) is 33.2. The second-order valence-corrected chi connectivity index (χ2v) is 22.0. The van der Waals surface area contributed by atoms with E-state index in [2.05, 4.69) is 118 Å². The van der Waals surface area contributed by atoms with Crippen LogP contribution in [0.25, 0.3) is 0 Å². The molecule has 0 aromatic heterocycles. The molecule has 6 heteroatoms. The third-order valence-corrected chi connectivity index (χ3v) is 14.3. The fourth-order valence-corrected chi connectivity index (χ4v) is 9.32. The van der Waals surface area contributed by atoms with E-state index in [9.17, 15) is 14.4 Å². The SMILES string of the molecule is CC/C=C\C/C=C\C/C=C\C/C=C\C/C=C\C/C=C\CCCCCCCCCCCCC(=O)OCC(COC(=O)CCCCCCC/C=C\CCCCCCCC)OC(=O)CCCCCCC/C=C\CCCCCCCCC. The molecule has 0 rings (SSSR count). The molecule has 0 saturated carbocycles. The molecular weight excluding hydrogens is 961 g/mol. The summed E-state index contributed by atoms with van der Waals surface area (Å²) in [5, 5.41) is 0. The van der Waals surface area contributed by atoms with Crippen LogP contribution in [0.1, 0.15) is 323 Å². The molecular formula is C72H124O6. The fourth-order valence-electron chi connectivity index (χ4n) is 9.32. The lowest BCUT2D eigenvalue weighted by molar-refractivity contribution is -0.167. The van der Waals surface area contributed by atoms with Crippen LogP contribution in [0.5, 0.6) is 0 Å². The van der Waals surface area contributed by atoms with E-state index >= 15 is 0 Å². The van der Waals surface area contributed by atoms with Crippen molar-refractivity contribution in [1.82, 2.24) is 0 Å². The van der Waals surface area contributed by atoms with Crippen LogP contribution in [0.4, 0.5) is 0 Å². The Balaban J connectivity index is 4.31. The molecule has 6 nitrogen and oxygen atoms in total. The standard InChI is InChI=1S/C72H124O6/c1-4-7-10-13-16-19-22-25-28-30-31-32-33-34-35-36-37-38-39-40-41-42-45-47-50-53-56-59-62-65-71(74)77-68-69(67-76-70(73)64-61-58-55-52-49-46-43-27-24-21-18-15-12-9-6-3)78-72(75)66-63-60-57-54-51-48-44-29-26-23-20-17-14-11-8-5-2/h7,10,16,19,25,27-29,31-32,34-35,37-38,43-44,69H,4-6,8-9,11-15,17-18,20-24,26,30,33,36,39-42,45-68H2,1-3H3/b10-7-,19-16-,28-25-,32-31-,35-34-,38-37-,43-27-,44-29-. The van der Waals surface area contributed by atoms with E-state index < -0.39 is 6.10 Å². The summed E-state index contributed by atoms with van der Waals surface area (Å²) in [6.45, 7) is 6.53. The van der Waals surface area contributed by atoms with Gasteiger partial charge in [-0.2, -0.15) is 0 Å². The lowest BCUT2D eigenvalue weighted by Gasteiger charge is -2.18. The minimum Gasteiger partial charge on any atom is -0.462 e. The second kappa shape index (κ2) is 65.8. The van der Waals surface area contributed by atoms with Crippen LogP contribution in [0.2, 0.25) is 0 Å². The van der Waals surface area contributed by atoms with Gasteiger partial charge in [-0.15, -0.1) is 0 Å². The highest BCUT2D eigenvalue weighted by atomic mass is 16.6. The maximum Gasteiger partial charge on any atom is 0.306 e. The van der Waals surface area contributed by atoms with Crippen LogP contribution in [0.15, 0.2) is 97.2 Å². The molecule has 0 aliphatic heterocycles. The van der Waals surface area contributed by atoms with Gasteiger partial charge in [-0.1, -0.05) is 279 Å². The van der Waals surface area contributed by atoms with Gasteiger partial charge in [0.2, 0.25) is 0 Å². The van der Waals surface area contributed by atoms with E-state index in [0.29, 0.717) is 19.3 Å². The quantitative estimate of drug-likeness (QED) is 0.0261. The number of hydrogen-bond acceptors (Lipinski definition) is 6. The Morgan fingerprint density at radius 2 is 0.500 bits per heavy atom. The highest BCUT2D eigenvalue weighted by Crippen LogP contribution is 2.16. The summed E-state index contributed by atoms with van der Waals surface area (Å²) < 4.78 is 16.9. The molecule has 448 valence electrons. The molecule has 0 bridgehead atoms. The molecule has 0 aromatic rings. The Morgan fingerprint density at radius 3 is 0.795 bits per heavy atom. The average molecular weight is 1090 g/mol. The summed E-state index contributed by atoms with van der Waals surface area (Å²) in [5.41, 5.74) is 0. The lowest BCUT2D eigenvalue weighted by atomic mass is 10.1. The van der Waals surface area contributed by atoms with Gasteiger partial charge in [-0.3, -0.25) is 14.4 Å². The number of esters is 3. The number of rotatable bonds is 60. The van der Waals surface area contributed by atoms with Gasteiger partial charge in [0.25, 0.3) is 0 Å². The van der Waals surface area contributed by atoms with E-state index in [1.54, 1.807) is 0 Å². The van der Waals surface area contributed by atoms with Gasteiger partial charge in [0, 0.05) is 19.3 Å². The molecule has 0 N–H and O–H groups in total. The maximum absolute atomic E-state index is 12.9. The highest BCUT2D eigenvalue weighted by molar-refractivity contribution is 5.71. The van der Waals surface area contributed by atoms with Crippen molar-refractivity contribution in [2.75, 3.05) is 13.2 Å².